The zero-order chi connectivity index (χ0) is 24.2. The van der Waals surface area contributed by atoms with E-state index < -0.39 is 22.8 Å². The molecule has 172 valence electrons. The first-order valence-corrected chi connectivity index (χ1v) is 11.5. The van der Waals surface area contributed by atoms with Crippen LogP contribution in [0.5, 0.6) is 0 Å². The Bertz CT molecular complexity index is 1310. The van der Waals surface area contributed by atoms with Gasteiger partial charge in [-0.3, -0.25) is 19.6 Å². The van der Waals surface area contributed by atoms with Crippen molar-refractivity contribution >= 4 is 11.9 Å². The van der Waals surface area contributed by atoms with Gasteiger partial charge in [-0.2, -0.15) is 0 Å². The second kappa shape index (κ2) is 7.60. The second-order valence-corrected chi connectivity index (χ2v) is 9.37. The molecule has 0 saturated carbocycles. The first-order chi connectivity index (χ1) is 17.0. The van der Waals surface area contributed by atoms with Crippen molar-refractivity contribution in [2.45, 2.75) is 30.1 Å². The molecule has 2 N–H and O–H groups in total. The van der Waals surface area contributed by atoms with E-state index in [4.69, 9.17) is 0 Å². The van der Waals surface area contributed by atoms with Crippen LogP contribution in [0.25, 0.3) is 22.5 Å². The van der Waals surface area contributed by atoms with E-state index in [1.165, 1.54) is 0 Å². The van der Waals surface area contributed by atoms with Gasteiger partial charge < -0.3 is 10.2 Å². The standard InChI is InChI=1S/C29H22N2O4/c32-24(33)15-28(20-9-3-1-7-18(20)26-22(28)11-5-13-30-26)17-29(16-25(34)35)21-10-4-2-8-19(21)27-23(29)12-6-14-31-27/h1-14H,15-17H2,(H,32,33)(H,34,35). The number of hydrogen-bond donors (Lipinski definition) is 2. The highest BCUT2D eigenvalue weighted by Crippen LogP contribution is 2.60. The molecule has 2 aromatic carbocycles. The van der Waals surface area contributed by atoms with E-state index in [0.29, 0.717) is 0 Å². The third-order valence-electron chi connectivity index (χ3n) is 7.55. The van der Waals surface area contributed by atoms with Gasteiger partial charge in [0.15, 0.2) is 0 Å². The van der Waals surface area contributed by atoms with E-state index in [-0.39, 0.29) is 19.3 Å². The van der Waals surface area contributed by atoms with Gasteiger partial charge >= 0.3 is 11.9 Å². The normalized spacial score (nSPS) is 21.0. The Morgan fingerprint density at radius 3 is 1.43 bits per heavy atom. The van der Waals surface area contributed by atoms with Crippen LogP contribution < -0.4 is 0 Å². The van der Waals surface area contributed by atoms with Crippen LogP contribution >= 0.6 is 0 Å². The summed E-state index contributed by atoms with van der Waals surface area (Å²) in [6.45, 7) is 0. The fourth-order valence-corrected chi connectivity index (χ4v) is 6.43. The summed E-state index contributed by atoms with van der Waals surface area (Å²) in [5.74, 6) is -1.89. The Morgan fingerprint density at radius 1 is 0.600 bits per heavy atom. The van der Waals surface area contributed by atoms with Gasteiger partial charge in [0.1, 0.15) is 0 Å². The molecule has 6 heteroatoms. The number of pyridine rings is 2. The van der Waals surface area contributed by atoms with Crippen molar-refractivity contribution in [3.8, 4) is 22.5 Å². The summed E-state index contributed by atoms with van der Waals surface area (Å²) in [6, 6.07) is 23.0. The van der Waals surface area contributed by atoms with Crippen molar-refractivity contribution in [1.29, 1.82) is 0 Å². The molecular weight excluding hydrogens is 440 g/mol. The molecule has 2 aliphatic carbocycles. The number of rotatable bonds is 6. The van der Waals surface area contributed by atoms with E-state index >= 15 is 0 Å². The van der Waals surface area contributed by atoms with Crippen molar-refractivity contribution < 1.29 is 19.8 Å². The molecular formula is C29H22N2O4. The Kier molecular flexibility index (Phi) is 4.61. The van der Waals surface area contributed by atoms with Crippen LogP contribution in [0.4, 0.5) is 0 Å². The van der Waals surface area contributed by atoms with Gasteiger partial charge in [-0.15, -0.1) is 0 Å². The number of fused-ring (bicyclic) bond motifs is 6. The van der Waals surface area contributed by atoms with Crippen LogP contribution in [0.1, 0.15) is 41.5 Å². The molecule has 0 radical (unpaired) electrons. The third-order valence-corrected chi connectivity index (χ3v) is 7.55. The van der Waals surface area contributed by atoms with Gasteiger partial charge in [0.05, 0.1) is 24.2 Å². The molecule has 2 unspecified atom stereocenters. The molecule has 2 aliphatic rings. The van der Waals surface area contributed by atoms with Gasteiger partial charge in [-0.05, 0) is 40.8 Å². The molecule has 35 heavy (non-hydrogen) atoms. The lowest BCUT2D eigenvalue weighted by molar-refractivity contribution is -0.138. The number of aromatic nitrogens is 2. The summed E-state index contributed by atoms with van der Waals surface area (Å²) >= 11 is 0. The fraction of sp³-hybridized carbons (Fsp3) is 0.172. The molecule has 0 spiro atoms. The predicted molar refractivity (Wildman–Crippen MR) is 130 cm³/mol. The molecule has 0 bridgehead atoms. The number of carboxylic acid groups (broad SMARTS) is 2. The summed E-state index contributed by atoms with van der Waals surface area (Å²) in [5.41, 5.74) is 4.76. The minimum absolute atomic E-state index is 0.179. The number of carboxylic acids is 2. The maximum atomic E-state index is 12.4. The third kappa shape index (κ3) is 2.96. The Labute approximate surface area is 201 Å². The smallest absolute Gasteiger partial charge is 0.304 e. The van der Waals surface area contributed by atoms with Gasteiger partial charge in [0.2, 0.25) is 0 Å². The van der Waals surface area contributed by atoms with E-state index in [0.717, 1.165) is 44.8 Å². The molecule has 2 atom stereocenters. The number of aliphatic carboxylic acids is 2. The molecule has 2 aromatic heterocycles. The quantitative estimate of drug-likeness (QED) is 0.416. The number of carbonyl (C=O) groups is 2. The van der Waals surface area contributed by atoms with E-state index in [1.54, 1.807) is 12.4 Å². The van der Waals surface area contributed by atoms with Crippen molar-refractivity contribution in [2.24, 2.45) is 0 Å². The minimum Gasteiger partial charge on any atom is -0.481 e. The Hall–Kier alpha value is -4.32. The summed E-state index contributed by atoms with van der Waals surface area (Å²) in [7, 11) is 0. The van der Waals surface area contributed by atoms with Crippen LogP contribution in [-0.2, 0) is 20.4 Å². The van der Waals surface area contributed by atoms with Crippen molar-refractivity contribution in [1.82, 2.24) is 9.97 Å². The average Bonchev–Trinajstić information content (AvgIpc) is 3.27. The predicted octanol–water partition coefficient (Wildman–Crippen LogP) is 5.05. The lowest BCUT2D eigenvalue weighted by Gasteiger charge is -2.41. The molecule has 0 fully saturated rings. The Balaban J connectivity index is 1.68. The highest BCUT2D eigenvalue weighted by molar-refractivity contribution is 5.86. The summed E-state index contributed by atoms with van der Waals surface area (Å²) in [5, 5.41) is 20.3. The van der Waals surface area contributed by atoms with Crippen molar-refractivity contribution in [3.05, 3.63) is 107 Å². The summed E-state index contributed by atoms with van der Waals surface area (Å²) in [4.78, 5) is 34.1. The maximum Gasteiger partial charge on any atom is 0.304 e. The van der Waals surface area contributed by atoms with Gasteiger partial charge in [-0.1, -0.05) is 60.7 Å². The zero-order valence-corrected chi connectivity index (χ0v) is 18.8. The fourth-order valence-electron chi connectivity index (χ4n) is 6.43. The Morgan fingerprint density at radius 2 is 1.00 bits per heavy atom. The molecule has 4 aromatic rings. The molecule has 0 saturated heterocycles. The lowest BCUT2D eigenvalue weighted by atomic mass is 9.60. The van der Waals surface area contributed by atoms with Gasteiger partial charge in [0.25, 0.3) is 0 Å². The molecule has 0 aliphatic heterocycles. The minimum atomic E-state index is -0.966. The summed E-state index contributed by atoms with van der Waals surface area (Å²) < 4.78 is 0. The van der Waals surface area contributed by atoms with Gasteiger partial charge in [-0.25, -0.2) is 0 Å². The topological polar surface area (TPSA) is 100 Å². The molecule has 0 amide bonds. The molecule has 6 nitrogen and oxygen atoms in total. The number of nitrogens with zero attached hydrogens (tertiary/aromatic N) is 2. The maximum absolute atomic E-state index is 12.4. The van der Waals surface area contributed by atoms with Crippen LogP contribution in [0.15, 0.2) is 85.2 Å². The van der Waals surface area contributed by atoms with E-state index in [9.17, 15) is 19.8 Å². The average molecular weight is 463 g/mol. The second-order valence-electron chi connectivity index (χ2n) is 9.37. The molecule has 6 rings (SSSR count). The van der Waals surface area contributed by atoms with Crippen LogP contribution in [0.3, 0.4) is 0 Å². The first kappa shape index (κ1) is 21.2. The van der Waals surface area contributed by atoms with Crippen LogP contribution in [-0.4, -0.2) is 32.1 Å². The largest absolute Gasteiger partial charge is 0.481 e. The zero-order valence-electron chi connectivity index (χ0n) is 18.8. The molecule has 2 heterocycles. The van der Waals surface area contributed by atoms with Crippen molar-refractivity contribution in [3.63, 3.8) is 0 Å². The number of hydrogen-bond acceptors (Lipinski definition) is 4. The van der Waals surface area contributed by atoms with Crippen molar-refractivity contribution in [2.75, 3.05) is 0 Å². The van der Waals surface area contributed by atoms with Crippen LogP contribution in [0, 0.1) is 0 Å². The number of benzene rings is 2. The monoisotopic (exact) mass is 462 g/mol. The lowest BCUT2D eigenvalue weighted by Crippen LogP contribution is -2.40. The first-order valence-electron chi connectivity index (χ1n) is 11.5. The van der Waals surface area contributed by atoms with Gasteiger partial charge in [0, 0.05) is 34.4 Å². The van der Waals surface area contributed by atoms with E-state index in [2.05, 4.69) is 9.97 Å². The highest BCUT2D eigenvalue weighted by atomic mass is 16.4. The highest BCUT2D eigenvalue weighted by Gasteiger charge is 2.55. The van der Waals surface area contributed by atoms with Crippen LogP contribution in [0.2, 0.25) is 0 Å². The summed E-state index contributed by atoms with van der Waals surface area (Å²) in [6.07, 6.45) is 3.33. The SMILES string of the molecule is O=C(O)CC1(CC2(CC(=O)O)c3ccccc3-c3ncccc32)c2ccccc2-c2ncccc21. The van der Waals surface area contributed by atoms with E-state index in [1.807, 2.05) is 72.8 Å².